The highest BCUT2D eigenvalue weighted by Crippen LogP contribution is 2.13. The number of carboxylic acids is 2. The van der Waals surface area contributed by atoms with E-state index >= 15 is 0 Å². The number of guanidine groups is 1. The molecule has 0 bridgehead atoms. The van der Waals surface area contributed by atoms with Gasteiger partial charge in [0.15, 0.2) is 5.96 Å². The molecule has 0 aliphatic rings. The van der Waals surface area contributed by atoms with Crippen LogP contribution in [0.3, 0.4) is 0 Å². The fourth-order valence-electron chi connectivity index (χ4n) is 5.78. The van der Waals surface area contributed by atoms with E-state index in [0.29, 0.717) is 18.5 Å². The van der Waals surface area contributed by atoms with E-state index in [2.05, 4.69) is 46.9 Å². The van der Waals surface area contributed by atoms with Gasteiger partial charge >= 0.3 is 11.9 Å². The lowest BCUT2D eigenvalue weighted by Gasteiger charge is -2.30. The molecule has 0 fully saturated rings. The highest BCUT2D eigenvalue weighted by atomic mass is 16.4. The summed E-state index contributed by atoms with van der Waals surface area (Å²) in [4.78, 5) is 127. The van der Waals surface area contributed by atoms with Crippen molar-refractivity contribution in [2.45, 2.75) is 129 Å². The van der Waals surface area contributed by atoms with Crippen molar-refractivity contribution < 1.29 is 53.4 Å². The molecule has 0 spiro atoms. The second-order valence-electron chi connectivity index (χ2n) is 15.4. The normalized spacial score (nSPS) is 15.0. The highest BCUT2D eigenvalue weighted by Gasteiger charge is 2.36. The smallest absolute Gasteiger partial charge is 0.326 e. The summed E-state index contributed by atoms with van der Waals surface area (Å²) in [5, 5.41) is 33.3. The van der Waals surface area contributed by atoms with E-state index in [-0.39, 0.29) is 37.7 Å². The van der Waals surface area contributed by atoms with Gasteiger partial charge in [0.2, 0.25) is 41.4 Å². The second kappa shape index (κ2) is 26.0. The monoisotopic (exact) mass is 865 g/mol. The van der Waals surface area contributed by atoms with Crippen LogP contribution < -0.4 is 54.8 Å². The summed E-state index contributed by atoms with van der Waals surface area (Å²) >= 11 is 0. The number of H-pyrrole nitrogens is 1. The summed E-state index contributed by atoms with van der Waals surface area (Å²) in [6.07, 6.45) is 1.77. The van der Waals surface area contributed by atoms with Gasteiger partial charge in [-0.25, -0.2) is 9.78 Å². The number of carbonyl (C=O) groups excluding carboxylic acids is 7. The molecule has 0 aliphatic heterocycles. The van der Waals surface area contributed by atoms with Gasteiger partial charge in [-0.05, 0) is 37.0 Å². The Bertz CT molecular complexity index is 1700. The molecule has 0 radical (unpaired) electrons. The number of aliphatic imine (C=N–C) groups is 1. The van der Waals surface area contributed by atoms with Gasteiger partial charge in [-0.1, -0.05) is 48.0 Å². The first kappa shape index (κ1) is 52.7. The number of hydrogen-bond acceptors (Lipinski definition) is 12. The van der Waals surface area contributed by atoms with E-state index in [4.69, 9.17) is 28.0 Å². The van der Waals surface area contributed by atoms with Gasteiger partial charge in [-0.15, -0.1) is 0 Å². The summed E-state index contributed by atoms with van der Waals surface area (Å²) in [6, 6.07) is -9.84. The maximum Gasteiger partial charge on any atom is 0.326 e. The summed E-state index contributed by atoms with van der Waals surface area (Å²) in [5.74, 6) is -10.9. The maximum atomic E-state index is 14.0. The van der Waals surface area contributed by atoms with Crippen LogP contribution >= 0.6 is 0 Å². The minimum atomic E-state index is -1.83. The number of nitrogens with two attached hydrogens (primary N) is 4. The predicted octanol–water partition coefficient (Wildman–Crippen LogP) is -3.58. The van der Waals surface area contributed by atoms with E-state index in [1.54, 1.807) is 41.5 Å². The lowest BCUT2D eigenvalue weighted by atomic mass is 9.96. The molecule has 1 heterocycles. The molecule has 24 heteroatoms. The first-order valence-corrected chi connectivity index (χ1v) is 19.8. The molecular formula is C37H63N13O11. The minimum absolute atomic E-state index is 0.0575. The third-order valence-electron chi connectivity index (χ3n) is 9.33. The first-order chi connectivity index (χ1) is 28.5. The van der Waals surface area contributed by atoms with E-state index in [1.807, 2.05) is 0 Å². The van der Waals surface area contributed by atoms with Gasteiger partial charge in [0.25, 0.3) is 0 Å². The van der Waals surface area contributed by atoms with Crippen molar-refractivity contribution in [3.8, 4) is 0 Å². The highest BCUT2D eigenvalue weighted by molar-refractivity contribution is 5.98. The zero-order valence-corrected chi connectivity index (χ0v) is 35.4. The largest absolute Gasteiger partial charge is 0.481 e. The van der Waals surface area contributed by atoms with Gasteiger partial charge in [0.05, 0.1) is 25.2 Å². The fourth-order valence-corrected chi connectivity index (χ4v) is 5.78. The summed E-state index contributed by atoms with van der Waals surface area (Å²) < 4.78 is 0. The molecule has 24 nitrogen and oxygen atoms in total. The molecule has 0 saturated heterocycles. The van der Waals surface area contributed by atoms with Gasteiger partial charge < -0.3 is 70.0 Å². The Labute approximate surface area is 353 Å². The van der Waals surface area contributed by atoms with Crippen LogP contribution in [0.4, 0.5) is 0 Å². The molecule has 1 rings (SSSR count). The van der Waals surface area contributed by atoms with E-state index < -0.39 is 120 Å². The van der Waals surface area contributed by atoms with Crippen molar-refractivity contribution in [2.24, 2.45) is 45.7 Å². The number of aromatic amines is 1. The number of amides is 7. The van der Waals surface area contributed by atoms with Crippen molar-refractivity contribution in [1.29, 1.82) is 0 Å². The number of hydrogen-bond donors (Lipinski definition) is 13. The van der Waals surface area contributed by atoms with Crippen LogP contribution in [0.1, 0.15) is 85.8 Å². The lowest BCUT2D eigenvalue weighted by molar-refractivity contribution is -0.147. The number of primary amides is 1. The number of rotatable bonds is 28. The molecule has 0 aliphatic carbocycles. The van der Waals surface area contributed by atoms with Gasteiger partial charge in [-0.3, -0.25) is 43.3 Å². The van der Waals surface area contributed by atoms with Crippen molar-refractivity contribution in [2.75, 3.05) is 6.54 Å². The van der Waals surface area contributed by atoms with Crippen molar-refractivity contribution in [3.63, 3.8) is 0 Å². The van der Waals surface area contributed by atoms with Crippen LogP contribution in [0, 0.1) is 17.8 Å². The molecule has 1 aromatic rings. The Morgan fingerprint density at radius 3 is 1.77 bits per heavy atom. The van der Waals surface area contributed by atoms with Gasteiger partial charge in [0, 0.05) is 24.9 Å². The van der Waals surface area contributed by atoms with Crippen molar-refractivity contribution >= 4 is 59.2 Å². The number of nitrogens with one attached hydrogen (secondary N) is 7. The quantitative estimate of drug-likeness (QED) is 0.0220. The zero-order chi connectivity index (χ0) is 46.6. The van der Waals surface area contributed by atoms with Crippen molar-refractivity contribution in [1.82, 2.24) is 41.9 Å². The molecular weight excluding hydrogens is 802 g/mol. The van der Waals surface area contributed by atoms with Crippen LogP contribution in [-0.2, 0) is 49.6 Å². The standard InChI is InChI=1S/C37H63N13O11/c1-7-19(6)29(35(59)47-24(13-26(39)51)32(56)45-22(11-17(2)3)31(55)48-25(36(60)61)14-27(52)53)50-33(57)23(12-20-15-42-16-44-20)46-34(58)28(18(4)5)49-30(54)21(38)9-8-10-43-37(40)41/h15-19,21-25,28-29H,7-14,38H2,1-6H3,(H2,39,51)(H,42,44)(H,45,56)(H,46,58)(H,47,59)(H,48,55)(H,49,54)(H,50,57)(H,52,53)(H,60,61)(H4,40,41,43)/t19-,21-,22-,23-,24-,25-,28-,29-/m0/s1. The second-order valence-corrected chi connectivity index (χ2v) is 15.4. The number of nitrogens with zero attached hydrogens (tertiary/aromatic N) is 2. The summed E-state index contributed by atoms with van der Waals surface area (Å²) in [6.45, 7) is 10.3. The average Bonchev–Trinajstić information content (AvgIpc) is 3.68. The number of carbonyl (C=O) groups is 9. The van der Waals surface area contributed by atoms with Crippen LogP contribution in [0.15, 0.2) is 17.5 Å². The van der Waals surface area contributed by atoms with E-state index in [0.717, 1.165) is 0 Å². The van der Waals surface area contributed by atoms with E-state index in [9.17, 15) is 48.3 Å². The number of aliphatic carboxylic acids is 2. The first-order valence-electron chi connectivity index (χ1n) is 19.8. The Hall–Kier alpha value is -6.33. The Morgan fingerprint density at radius 2 is 1.26 bits per heavy atom. The predicted molar refractivity (Wildman–Crippen MR) is 219 cm³/mol. The molecule has 0 saturated carbocycles. The third kappa shape index (κ3) is 19.5. The Balaban J connectivity index is 3.36. The Morgan fingerprint density at radius 1 is 0.721 bits per heavy atom. The average molecular weight is 866 g/mol. The van der Waals surface area contributed by atoms with Crippen LogP contribution in [0.2, 0.25) is 0 Å². The SMILES string of the molecule is CC[C@H](C)[C@H](NC(=O)[C@H](Cc1cnc[nH]1)NC(=O)[C@@H](NC(=O)[C@@H](N)CCCN=C(N)N)C(C)C)C(=O)N[C@@H](CC(N)=O)C(=O)N[C@@H](CC(C)C)C(=O)N[C@@H](CC(=O)O)C(=O)O. The minimum Gasteiger partial charge on any atom is -0.481 e. The maximum absolute atomic E-state index is 14.0. The summed E-state index contributed by atoms with van der Waals surface area (Å²) in [7, 11) is 0. The van der Waals surface area contributed by atoms with Gasteiger partial charge in [-0.2, -0.15) is 0 Å². The molecule has 61 heavy (non-hydrogen) atoms. The molecule has 7 amide bonds. The lowest BCUT2D eigenvalue weighted by Crippen LogP contribution is -2.62. The summed E-state index contributed by atoms with van der Waals surface area (Å²) in [5.41, 5.74) is 22.5. The van der Waals surface area contributed by atoms with E-state index in [1.165, 1.54) is 12.5 Å². The molecule has 1 aromatic heterocycles. The van der Waals surface area contributed by atoms with Crippen molar-refractivity contribution in [3.05, 3.63) is 18.2 Å². The third-order valence-corrected chi connectivity index (χ3v) is 9.33. The topological polar surface area (TPSA) is 411 Å². The van der Waals surface area contributed by atoms with Crippen LogP contribution in [0.25, 0.3) is 0 Å². The number of carboxylic acid groups (broad SMARTS) is 2. The molecule has 0 unspecified atom stereocenters. The number of aromatic nitrogens is 2. The molecule has 342 valence electrons. The zero-order valence-electron chi connectivity index (χ0n) is 35.4. The molecule has 0 aromatic carbocycles. The van der Waals surface area contributed by atoms with Crippen LogP contribution in [0.5, 0.6) is 0 Å². The fraction of sp³-hybridized carbons (Fsp3) is 0.649. The van der Waals surface area contributed by atoms with Gasteiger partial charge in [0.1, 0.15) is 36.3 Å². The molecule has 8 atom stereocenters. The van der Waals surface area contributed by atoms with Crippen LogP contribution in [-0.4, -0.2) is 128 Å². The number of imidazole rings is 1. The molecule has 17 N–H and O–H groups in total. The Kier molecular flexibility index (Phi) is 22.5.